The summed E-state index contributed by atoms with van der Waals surface area (Å²) >= 11 is 0. The molecule has 0 saturated heterocycles. The van der Waals surface area contributed by atoms with Crippen molar-refractivity contribution in [3.8, 4) is 11.1 Å². The second-order valence-electron chi connectivity index (χ2n) is 13.8. The molecular weight excluding hydrogens is 617 g/mol. The first-order chi connectivity index (χ1) is 24.9. The fourth-order valence-corrected chi connectivity index (χ4v) is 6.69. The van der Waals surface area contributed by atoms with Gasteiger partial charge < -0.3 is 9.80 Å². The van der Waals surface area contributed by atoms with Gasteiger partial charge in [0, 0.05) is 34.1 Å². The molecule has 0 aromatic heterocycles. The van der Waals surface area contributed by atoms with Gasteiger partial charge >= 0.3 is 0 Å². The van der Waals surface area contributed by atoms with Crippen molar-refractivity contribution in [1.82, 2.24) is 0 Å². The van der Waals surface area contributed by atoms with Gasteiger partial charge in [-0.3, -0.25) is 0 Å². The molecule has 252 valence electrons. The minimum Gasteiger partial charge on any atom is -0.311 e. The van der Waals surface area contributed by atoms with E-state index in [2.05, 4.69) is 207 Å². The summed E-state index contributed by atoms with van der Waals surface area (Å²) in [6, 6.07) is 62.2. The first-order valence-corrected chi connectivity index (χ1v) is 18.0. The molecule has 7 aromatic rings. The van der Waals surface area contributed by atoms with Crippen LogP contribution in [0.4, 0.5) is 34.1 Å². The van der Waals surface area contributed by atoms with Crippen LogP contribution >= 0.6 is 0 Å². The third-order valence-electron chi connectivity index (χ3n) is 9.68. The van der Waals surface area contributed by atoms with Crippen LogP contribution in [0, 0.1) is 27.7 Å². The maximum atomic E-state index is 2.36. The summed E-state index contributed by atoms with van der Waals surface area (Å²) in [4.78, 5) is 4.66. The fourth-order valence-electron chi connectivity index (χ4n) is 6.69. The summed E-state index contributed by atoms with van der Waals surface area (Å²) in [5.41, 5.74) is 17.2. The van der Waals surface area contributed by atoms with Gasteiger partial charge in [-0.25, -0.2) is 0 Å². The second-order valence-corrected chi connectivity index (χ2v) is 13.8. The third-order valence-corrected chi connectivity index (χ3v) is 9.68. The van der Waals surface area contributed by atoms with Crippen molar-refractivity contribution in [2.24, 2.45) is 0 Å². The van der Waals surface area contributed by atoms with Crippen LogP contribution in [-0.4, -0.2) is 0 Å². The standard InChI is InChI=1S/C49H46N2/c1-36-11-23-44(24-12-36)50(45-25-13-37(2)14-26-45)48-31-19-40(20-32-48)7-5-8-41-9-6-10-43(35-41)42-21-33-49(34-22-42)51(46-27-15-38(3)16-28-46)47-29-17-39(4)18-30-47/h6,9-35H,5,7-8H2,1-4H3. The van der Waals surface area contributed by atoms with Crippen molar-refractivity contribution < 1.29 is 0 Å². The number of anilines is 6. The number of hydrogen-bond donors (Lipinski definition) is 0. The van der Waals surface area contributed by atoms with Crippen molar-refractivity contribution in [3.05, 3.63) is 203 Å². The zero-order valence-corrected chi connectivity index (χ0v) is 30.2. The Kier molecular flexibility index (Phi) is 10.1. The van der Waals surface area contributed by atoms with E-state index >= 15 is 0 Å². The van der Waals surface area contributed by atoms with Gasteiger partial charge in [0.15, 0.2) is 0 Å². The average Bonchev–Trinajstić information content (AvgIpc) is 3.16. The van der Waals surface area contributed by atoms with E-state index in [1.807, 2.05) is 0 Å². The van der Waals surface area contributed by atoms with Gasteiger partial charge in [0.05, 0.1) is 0 Å². The van der Waals surface area contributed by atoms with Crippen LogP contribution in [0.2, 0.25) is 0 Å². The van der Waals surface area contributed by atoms with Crippen LogP contribution in [0.15, 0.2) is 170 Å². The Balaban J connectivity index is 1.03. The average molecular weight is 663 g/mol. The van der Waals surface area contributed by atoms with Gasteiger partial charge in [-0.2, -0.15) is 0 Å². The molecule has 7 aromatic carbocycles. The first-order valence-electron chi connectivity index (χ1n) is 18.0. The van der Waals surface area contributed by atoms with Crippen molar-refractivity contribution in [3.63, 3.8) is 0 Å². The molecule has 0 aliphatic rings. The molecule has 0 fully saturated rings. The topological polar surface area (TPSA) is 6.48 Å². The van der Waals surface area contributed by atoms with Gasteiger partial charge in [-0.15, -0.1) is 0 Å². The maximum Gasteiger partial charge on any atom is 0.0462 e. The summed E-state index contributed by atoms with van der Waals surface area (Å²) in [5, 5.41) is 0. The van der Waals surface area contributed by atoms with E-state index in [1.165, 1.54) is 61.6 Å². The molecule has 0 aliphatic heterocycles. The van der Waals surface area contributed by atoms with Gasteiger partial charge in [-0.1, -0.05) is 119 Å². The normalized spacial score (nSPS) is 11.0. The smallest absolute Gasteiger partial charge is 0.0462 e. The van der Waals surface area contributed by atoms with Crippen LogP contribution in [0.3, 0.4) is 0 Å². The first kappa shape index (κ1) is 33.6. The lowest BCUT2D eigenvalue weighted by Gasteiger charge is -2.26. The lowest BCUT2D eigenvalue weighted by molar-refractivity contribution is 0.821. The monoisotopic (exact) mass is 662 g/mol. The zero-order valence-electron chi connectivity index (χ0n) is 30.2. The lowest BCUT2D eigenvalue weighted by Crippen LogP contribution is -2.10. The zero-order chi connectivity index (χ0) is 35.2. The third kappa shape index (κ3) is 8.14. The van der Waals surface area contributed by atoms with E-state index in [4.69, 9.17) is 0 Å². The highest BCUT2D eigenvalue weighted by Crippen LogP contribution is 2.37. The van der Waals surface area contributed by atoms with Gasteiger partial charge in [-0.05, 0) is 142 Å². The molecule has 0 radical (unpaired) electrons. The fraction of sp³-hybridized carbons (Fsp3) is 0.143. The quantitative estimate of drug-likeness (QED) is 0.136. The predicted octanol–water partition coefficient (Wildman–Crippen LogP) is 13.7. The van der Waals surface area contributed by atoms with Crippen LogP contribution in [0.5, 0.6) is 0 Å². The molecule has 0 spiro atoms. The minimum atomic E-state index is 1.04. The molecule has 0 N–H and O–H groups in total. The molecular formula is C49H46N2. The van der Waals surface area contributed by atoms with Crippen molar-refractivity contribution >= 4 is 34.1 Å². The number of rotatable bonds is 11. The van der Waals surface area contributed by atoms with E-state index in [-0.39, 0.29) is 0 Å². The van der Waals surface area contributed by atoms with Gasteiger partial charge in [0.2, 0.25) is 0 Å². The van der Waals surface area contributed by atoms with Gasteiger partial charge in [0.25, 0.3) is 0 Å². The predicted molar refractivity (Wildman–Crippen MR) is 219 cm³/mol. The molecule has 7 rings (SSSR count). The number of aryl methyl sites for hydroxylation is 6. The molecule has 0 unspecified atom stereocenters. The molecule has 0 aliphatic carbocycles. The Labute approximate surface area is 304 Å². The van der Waals surface area contributed by atoms with Crippen LogP contribution in [-0.2, 0) is 12.8 Å². The number of benzene rings is 7. The lowest BCUT2D eigenvalue weighted by atomic mass is 9.99. The van der Waals surface area contributed by atoms with E-state index < -0.39 is 0 Å². The summed E-state index contributed by atoms with van der Waals surface area (Å²) in [7, 11) is 0. The summed E-state index contributed by atoms with van der Waals surface area (Å²) < 4.78 is 0. The van der Waals surface area contributed by atoms with E-state index in [0.29, 0.717) is 0 Å². The molecule has 51 heavy (non-hydrogen) atoms. The highest BCUT2D eigenvalue weighted by Gasteiger charge is 2.14. The maximum absolute atomic E-state index is 2.36. The largest absolute Gasteiger partial charge is 0.311 e. The summed E-state index contributed by atoms with van der Waals surface area (Å²) in [6.07, 6.45) is 3.19. The molecule has 2 nitrogen and oxygen atoms in total. The Bertz CT molecular complexity index is 2070. The Morgan fingerprint density at radius 1 is 0.314 bits per heavy atom. The van der Waals surface area contributed by atoms with E-state index in [0.717, 1.165) is 36.3 Å². The van der Waals surface area contributed by atoms with Crippen LogP contribution in [0.25, 0.3) is 11.1 Å². The summed E-state index contributed by atoms with van der Waals surface area (Å²) in [6.45, 7) is 8.54. The highest BCUT2D eigenvalue weighted by atomic mass is 15.1. The minimum absolute atomic E-state index is 1.04. The highest BCUT2D eigenvalue weighted by molar-refractivity contribution is 5.79. The van der Waals surface area contributed by atoms with Crippen molar-refractivity contribution in [2.45, 2.75) is 47.0 Å². The van der Waals surface area contributed by atoms with E-state index in [9.17, 15) is 0 Å². The Morgan fingerprint density at radius 2 is 0.647 bits per heavy atom. The van der Waals surface area contributed by atoms with Crippen LogP contribution in [0.1, 0.15) is 39.8 Å². The molecule has 0 heterocycles. The van der Waals surface area contributed by atoms with Crippen molar-refractivity contribution in [2.75, 3.05) is 9.80 Å². The SMILES string of the molecule is Cc1ccc(N(c2ccc(C)cc2)c2ccc(CCCc3cccc(-c4ccc(N(c5ccc(C)cc5)c5ccc(C)cc5)cc4)c3)cc2)cc1. The van der Waals surface area contributed by atoms with Gasteiger partial charge in [0.1, 0.15) is 0 Å². The van der Waals surface area contributed by atoms with E-state index in [1.54, 1.807) is 0 Å². The molecule has 2 heteroatoms. The van der Waals surface area contributed by atoms with Crippen LogP contribution < -0.4 is 9.80 Å². The second kappa shape index (κ2) is 15.4. The molecule has 0 saturated carbocycles. The number of hydrogen-bond acceptors (Lipinski definition) is 2. The molecule has 0 atom stereocenters. The van der Waals surface area contributed by atoms with Crippen molar-refractivity contribution in [1.29, 1.82) is 0 Å². The number of nitrogens with zero attached hydrogens (tertiary/aromatic N) is 2. The Morgan fingerprint density at radius 3 is 1.04 bits per heavy atom. The summed E-state index contributed by atoms with van der Waals surface area (Å²) in [5.74, 6) is 0. The Hall–Kier alpha value is -5.86. The molecule has 0 bridgehead atoms. The molecule has 0 amide bonds.